The van der Waals surface area contributed by atoms with E-state index in [0.29, 0.717) is 11.8 Å². The summed E-state index contributed by atoms with van der Waals surface area (Å²) in [6.45, 7) is 1.94. The average Bonchev–Trinajstić information content (AvgIpc) is 2.34. The Morgan fingerprint density at radius 1 is 1.41 bits per heavy atom. The van der Waals surface area contributed by atoms with Crippen molar-refractivity contribution in [2.75, 3.05) is 20.1 Å². The number of aldehydes is 1. The van der Waals surface area contributed by atoms with Crippen LogP contribution in [-0.2, 0) is 0 Å². The summed E-state index contributed by atoms with van der Waals surface area (Å²) in [4.78, 5) is 12.7. The Hall–Kier alpha value is -1.42. The molecule has 0 saturated carbocycles. The molecule has 1 aliphatic rings. The van der Waals surface area contributed by atoms with Crippen molar-refractivity contribution in [1.29, 1.82) is 0 Å². The van der Waals surface area contributed by atoms with Gasteiger partial charge in [-0.05, 0) is 38.1 Å². The molecule has 0 unspecified atom stereocenters. The molecule has 0 radical (unpaired) electrons. The van der Waals surface area contributed by atoms with E-state index in [0.717, 1.165) is 25.9 Å². The van der Waals surface area contributed by atoms with Crippen LogP contribution in [0.1, 0.15) is 23.2 Å². The van der Waals surface area contributed by atoms with E-state index in [9.17, 15) is 9.18 Å². The summed E-state index contributed by atoms with van der Waals surface area (Å²) >= 11 is 0. The minimum atomic E-state index is -0.464. The van der Waals surface area contributed by atoms with E-state index >= 15 is 0 Å². The Balaban J connectivity index is 2.01. The molecule has 1 fully saturated rings. The van der Waals surface area contributed by atoms with Crippen LogP contribution in [0.5, 0.6) is 5.75 Å². The van der Waals surface area contributed by atoms with Crippen molar-refractivity contribution in [2.45, 2.75) is 18.9 Å². The third kappa shape index (κ3) is 3.03. The van der Waals surface area contributed by atoms with E-state index in [-0.39, 0.29) is 11.9 Å². The van der Waals surface area contributed by atoms with Gasteiger partial charge >= 0.3 is 0 Å². The number of carbonyl (C=O) groups is 1. The number of halogens is 1. The van der Waals surface area contributed by atoms with Crippen LogP contribution in [0.25, 0.3) is 0 Å². The van der Waals surface area contributed by atoms with Gasteiger partial charge in [0.05, 0.1) is 0 Å². The Morgan fingerprint density at radius 2 is 2.12 bits per heavy atom. The first kappa shape index (κ1) is 12.0. The predicted octanol–water partition coefficient (Wildman–Crippen LogP) is 2.11. The van der Waals surface area contributed by atoms with Gasteiger partial charge in [-0.2, -0.15) is 0 Å². The number of hydrogen-bond acceptors (Lipinski definition) is 3. The number of rotatable bonds is 3. The summed E-state index contributed by atoms with van der Waals surface area (Å²) in [5, 5.41) is 0. The molecule has 92 valence electrons. The maximum atomic E-state index is 13.6. The third-order valence-corrected chi connectivity index (χ3v) is 3.05. The molecule has 0 N–H and O–H groups in total. The minimum Gasteiger partial charge on any atom is -0.487 e. The standard InChI is InChI=1S/C13H16FNO2/c1-15-6-4-11(5-7-15)17-13-3-2-10(9-16)8-12(13)14/h2-3,8-9,11H,4-7H2,1H3. The number of ether oxygens (including phenoxy) is 1. The smallest absolute Gasteiger partial charge is 0.165 e. The molecule has 0 aromatic heterocycles. The average molecular weight is 237 g/mol. The van der Waals surface area contributed by atoms with Gasteiger partial charge in [0.2, 0.25) is 0 Å². The van der Waals surface area contributed by atoms with Crippen LogP contribution in [0, 0.1) is 5.82 Å². The predicted molar refractivity (Wildman–Crippen MR) is 62.9 cm³/mol. The zero-order valence-electron chi connectivity index (χ0n) is 9.86. The molecule has 17 heavy (non-hydrogen) atoms. The van der Waals surface area contributed by atoms with Gasteiger partial charge < -0.3 is 9.64 Å². The largest absolute Gasteiger partial charge is 0.487 e. The summed E-state index contributed by atoms with van der Waals surface area (Å²) in [5.41, 5.74) is 0.332. The van der Waals surface area contributed by atoms with Gasteiger partial charge in [-0.1, -0.05) is 0 Å². The fraction of sp³-hybridized carbons (Fsp3) is 0.462. The molecule has 0 aliphatic carbocycles. The second kappa shape index (κ2) is 5.27. The molecule has 0 bridgehead atoms. The van der Waals surface area contributed by atoms with Crippen LogP contribution in [0.3, 0.4) is 0 Å². The highest BCUT2D eigenvalue weighted by atomic mass is 19.1. The normalized spacial score (nSPS) is 18.0. The Labute approximate surface area is 100 Å². The Morgan fingerprint density at radius 3 is 2.71 bits per heavy atom. The summed E-state index contributed by atoms with van der Waals surface area (Å²) in [5.74, 6) is -0.223. The zero-order valence-corrected chi connectivity index (χ0v) is 9.86. The number of nitrogens with zero attached hydrogens (tertiary/aromatic N) is 1. The summed E-state index contributed by atoms with van der Waals surface area (Å²) in [7, 11) is 2.07. The molecule has 0 amide bonds. The molecule has 2 rings (SSSR count). The molecule has 1 aromatic carbocycles. The molecular weight excluding hydrogens is 221 g/mol. The lowest BCUT2D eigenvalue weighted by atomic mass is 10.1. The van der Waals surface area contributed by atoms with E-state index in [1.54, 1.807) is 6.07 Å². The lowest BCUT2D eigenvalue weighted by Gasteiger charge is -2.29. The minimum absolute atomic E-state index is 0.0720. The number of hydrogen-bond donors (Lipinski definition) is 0. The Bertz CT molecular complexity index is 400. The first-order valence-electron chi connectivity index (χ1n) is 5.79. The van der Waals surface area contributed by atoms with Crippen LogP contribution >= 0.6 is 0 Å². The molecule has 0 atom stereocenters. The van der Waals surface area contributed by atoms with Crippen molar-refractivity contribution in [3.05, 3.63) is 29.6 Å². The van der Waals surface area contributed by atoms with Gasteiger partial charge in [0.25, 0.3) is 0 Å². The van der Waals surface area contributed by atoms with Crippen molar-refractivity contribution >= 4 is 6.29 Å². The Kier molecular flexibility index (Phi) is 3.74. The summed E-state index contributed by atoms with van der Waals surface area (Å²) in [6.07, 6.45) is 2.52. The summed E-state index contributed by atoms with van der Waals surface area (Å²) < 4.78 is 19.2. The van der Waals surface area contributed by atoms with Gasteiger partial charge in [-0.15, -0.1) is 0 Å². The molecule has 1 heterocycles. The van der Waals surface area contributed by atoms with Gasteiger partial charge in [0.1, 0.15) is 12.4 Å². The molecule has 3 nitrogen and oxygen atoms in total. The van der Waals surface area contributed by atoms with Crippen LogP contribution in [0.2, 0.25) is 0 Å². The van der Waals surface area contributed by atoms with Crippen LogP contribution in [0.4, 0.5) is 4.39 Å². The lowest BCUT2D eigenvalue weighted by molar-refractivity contribution is 0.110. The van der Waals surface area contributed by atoms with Crippen molar-refractivity contribution in [1.82, 2.24) is 4.90 Å². The third-order valence-electron chi connectivity index (χ3n) is 3.05. The lowest BCUT2D eigenvalue weighted by Crippen LogP contribution is -2.35. The van der Waals surface area contributed by atoms with E-state index in [1.807, 2.05) is 0 Å². The molecule has 4 heteroatoms. The monoisotopic (exact) mass is 237 g/mol. The van der Waals surface area contributed by atoms with E-state index in [1.165, 1.54) is 12.1 Å². The summed E-state index contributed by atoms with van der Waals surface area (Å²) in [6, 6.07) is 4.30. The zero-order chi connectivity index (χ0) is 12.3. The number of carbonyl (C=O) groups excluding carboxylic acids is 1. The van der Waals surface area contributed by atoms with Crippen LogP contribution in [0.15, 0.2) is 18.2 Å². The molecule has 0 spiro atoms. The highest BCUT2D eigenvalue weighted by Crippen LogP contribution is 2.22. The molecule has 1 aromatic rings. The molecule has 1 saturated heterocycles. The van der Waals surface area contributed by atoms with Crippen LogP contribution in [-0.4, -0.2) is 37.4 Å². The van der Waals surface area contributed by atoms with Crippen molar-refractivity contribution in [3.63, 3.8) is 0 Å². The number of piperidine rings is 1. The SMILES string of the molecule is CN1CCC(Oc2ccc(C=O)cc2F)CC1. The van der Waals surface area contributed by atoms with Crippen molar-refractivity contribution < 1.29 is 13.9 Å². The fourth-order valence-electron chi connectivity index (χ4n) is 1.97. The van der Waals surface area contributed by atoms with Gasteiger partial charge in [0.15, 0.2) is 11.6 Å². The highest BCUT2D eigenvalue weighted by molar-refractivity contribution is 5.74. The first-order chi connectivity index (χ1) is 8.19. The number of benzene rings is 1. The van der Waals surface area contributed by atoms with Crippen molar-refractivity contribution in [2.24, 2.45) is 0 Å². The second-order valence-corrected chi connectivity index (χ2v) is 4.43. The van der Waals surface area contributed by atoms with Crippen molar-refractivity contribution in [3.8, 4) is 5.75 Å². The maximum absolute atomic E-state index is 13.6. The topological polar surface area (TPSA) is 29.5 Å². The van der Waals surface area contributed by atoms with E-state index in [4.69, 9.17) is 4.74 Å². The van der Waals surface area contributed by atoms with Gasteiger partial charge in [-0.25, -0.2) is 4.39 Å². The molecular formula is C13H16FNO2. The molecule has 1 aliphatic heterocycles. The van der Waals surface area contributed by atoms with Crippen LogP contribution < -0.4 is 4.74 Å². The maximum Gasteiger partial charge on any atom is 0.165 e. The first-order valence-corrected chi connectivity index (χ1v) is 5.79. The number of likely N-dealkylation sites (tertiary alicyclic amines) is 1. The second-order valence-electron chi connectivity index (χ2n) is 4.43. The van der Waals surface area contributed by atoms with E-state index < -0.39 is 5.82 Å². The van der Waals surface area contributed by atoms with Gasteiger partial charge in [0, 0.05) is 18.7 Å². The fourth-order valence-corrected chi connectivity index (χ4v) is 1.97. The van der Waals surface area contributed by atoms with Gasteiger partial charge in [-0.3, -0.25) is 4.79 Å². The highest BCUT2D eigenvalue weighted by Gasteiger charge is 2.19. The quantitative estimate of drug-likeness (QED) is 0.754. The van der Waals surface area contributed by atoms with E-state index in [2.05, 4.69) is 11.9 Å².